The molecule has 0 heterocycles. The predicted octanol–water partition coefficient (Wildman–Crippen LogP) is 5.51. The Bertz CT molecular complexity index is 1000. The molecule has 0 bridgehead atoms. The average Bonchev–Trinajstić information content (AvgIpc) is 2.64. The average molecular weight is 467 g/mol. The monoisotopic (exact) mass is 467 g/mol. The number of hydrogen-bond donors (Lipinski definition) is 0. The highest BCUT2D eigenvalue weighted by Gasteiger charge is 2.44. The molecule has 0 aromatic heterocycles. The van der Waals surface area contributed by atoms with Crippen molar-refractivity contribution in [2.45, 2.75) is 38.1 Å². The Labute approximate surface area is 177 Å². The van der Waals surface area contributed by atoms with Gasteiger partial charge in [0.05, 0.1) is 17.6 Å². The fraction of sp³-hybridized carbons (Fsp3) is 0.350. The van der Waals surface area contributed by atoms with Gasteiger partial charge in [-0.25, -0.2) is 13.0 Å². The molecule has 2 rings (SSSR count). The zero-order valence-electron chi connectivity index (χ0n) is 16.9. The van der Waals surface area contributed by atoms with Crippen LogP contribution in [0, 0.1) is 11.6 Å². The lowest BCUT2D eigenvalue weighted by atomic mass is 10.0. The molecular formula is C20H19F6NO3S. The van der Waals surface area contributed by atoms with Crippen LogP contribution in [0.2, 0.25) is 0 Å². The molecule has 0 amide bonds. The summed E-state index contributed by atoms with van der Waals surface area (Å²) in [5.41, 5.74) is -0.254. The van der Waals surface area contributed by atoms with Gasteiger partial charge in [-0.1, -0.05) is 0 Å². The van der Waals surface area contributed by atoms with Gasteiger partial charge in [-0.2, -0.15) is 22.0 Å². The summed E-state index contributed by atoms with van der Waals surface area (Å²) in [4.78, 5) is 0. The molecule has 1 atom stereocenters. The fourth-order valence-electron chi connectivity index (χ4n) is 2.26. The molecule has 2 aromatic rings. The summed E-state index contributed by atoms with van der Waals surface area (Å²) in [7, 11) is -0.699. The molecule has 31 heavy (non-hydrogen) atoms. The van der Waals surface area contributed by atoms with Gasteiger partial charge in [0, 0.05) is 17.2 Å². The number of methoxy groups -OCH3 is 1. The fourth-order valence-corrected chi connectivity index (χ4v) is 2.91. The molecule has 0 radical (unpaired) electrons. The van der Waals surface area contributed by atoms with Crippen molar-refractivity contribution in [1.82, 2.24) is 0 Å². The lowest BCUT2D eigenvalue weighted by Crippen LogP contribution is -2.33. The van der Waals surface area contributed by atoms with Gasteiger partial charge in [0.2, 0.25) is 0 Å². The summed E-state index contributed by atoms with van der Waals surface area (Å²) in [6.07, 6.45) is -9.02. The van der Waals surface area contributed by atoms with Gasteiger partial charge in [-0.15, -0.1) is 0 Å². The van der Waals surface area contributed by atoms with Crippen molar-refractivity contribution in [3.8, 4) is 11.5 Å². The third-order valence-corrected chi connectivity index (χ3v) is 5.17. The van der Waals surface area contributed by atoms with Crippen molar-refractivity contribution in [3.05, 3.63) is 59.2 Å². The predicted molar refractivity (Wildman–Crippen MR) is 104 cm³/mol. The zero-order valence-corrected chi connectivity index (χ0v) is 17.7. The Kier molecular flexibility index (Phi) is 7.40. The maximum Gasteiger partial charge on any atom is 0.461 e. The van der Waals surface area contributed by atoms with E-state index in [1.54, 1.807) is 20.8 Å². The Morgan fingerprint density at radius 2 is 1.68 bits per heavy atom. The number of ether oxygens (including phenoxy) is 2. The van der Waals surface area contributed by atoms with E-state index in [1.165, 1.54) is 19.2 Å². The van der Waals surface area contributed by atoms with Crippen LogP contribution in [0.5, 0.6) is 11.5 Å². The number of halogens is 6. The molecule has 170 valence electrons. The van der Waals surface area contributed by atoms with Crippen LogP contribution in [0.1, 0.15) is 31.9 Å². The summed E-state index contributed by atoms with van der Waals surface area (Å²) in [5.74, 6) is -2.92. The maximum atomic E-state index is 14.1. The van der Waals surface area contributed by atoms with Crippen LogP contribution in [0.4, 0.5) is 26.3 Å². The van der Waals surface area contributed by atoms with Crippen LogP contribution in [-0.2, 0) is 11.0 Å². The van der Waals surface area contributed by atoms with Gasteiger partial charge in [0.25, 0.3) is 0 Å². The number of nitrogens with zero attached hydrogens (tertiary/aromatic N) is 1. The highest BCUT2D eigenvalue weighted by molar-refractivity contribution is 7.85. The summed E-state index contributed by atoms with van der Waals surface area (Å²) in [6, 6.07) is 5.63. The van der Waals surface area contributed by atoms with Gasteiger partial charge < -0.3 is 9.47 Å². The van der Waals surface area contributed by atoms with E-state index in [0.717, 1.165) is 18.2 Å². The molecule has 0 N–H and O–H groups in total. The highest BCUT2D eigenvalue weighted by Crippen LogP contribution is 2.30. The van der Waals surface area contributed by atoms with Gasteiger partial charge in [0.1, 0.15) is 22.6 Å². The van der Waals surface area contributed by atoms with E-state index in [-0.39, 0.29) is 22.6 Å². The topological polar surface area (TPSA) is 47.9 Å². The number of hydrogen-bond acceptors (Lipinski definition) is 3. The van der Waals surface area contributed by atoms with Crippen molar-refractivity contribution in [3.63, 3.8) is 0 Å². The number of alkyl halides is 4. The largest absolute Gasteiger partial charge is 0.494 e. The van der Waals surface area contributed by atoms with Gasteiger partial charge >= 0.3 is 12.5 Å². The molecule has 0 aliphatic carbocycles. The second kappa shape index (κ2) is 9.29. The van der Waals surface area contributed by atoms with Crippen molar-refractivity contribution in [2.75, 3.05) is 7.11 Å². The smallest absolute Gasteiger partial charge is 0.461 e. The Balaban J connectivity index is 2.67. The van der Waals surface area contributed by atoms with E-state index in [4.69, 9.17) is 4.74 Å². The molecular weight excluding hydrogens is 448 g/mol. The second-order valence-corrected chi connectivity index (χ2v) is 9.20. The minimum absolute atomic E-state index is 0.119. The Hall–Kier alpha value is -2.56. The highest BCUT2D eigenvalue weighted by atomic mass is 32.2. The minimum atomic E-state index is -4.87. The van der Waals surface area contributed by atoms with E-state index in [1.807, 2.05) is 0 Å². The summed E-state index contributed by atoms with van der Waals surface area (Å²) < 4.78 is 104. The molecule has 4 nitrogen and oxygen atoms in total. The molecule has 11 heteroatoms. The van der Waals surface area contributed by atoms with Crippen LogP contribution in [0.15, 0.2) is 40.8 Å². The minimum Gasteiger partial charge on any atom is -0.494 e. The standard InChI is InChI=1S/C20H19F6NO3S/c1-19(2,3)31(28)27-17(11-5-6-15(22)16(9-11)29-4)12-7-13(21)10-14(8-12)30-20(25,26)18(23)24/h5-10,18H,1-4H3/b27-17+/t31-/m1/s1. The molecule has 0 spiro atoms. The molecule has 2 aromatic carbocycles. The molecule has 0 saturated carbocycles. The first kappa shape index (κ1) is 24.7. The number of benzene rings is 2. The number of rotatable bonds is 7. The van der Waals surface area contributed by atoms with Crippen molar-refractivity contribution in [2.24, 2.45) is 4.40 Å². The summed E-state index contributed by atoms with van der Waals surface area (Å²) in [5, 5.41) is 0. The maximum absolute atomic E-state index is 14.1. The van der Waals surface area contributed by atoms with Crippen molar-refractivity contribution < 1.29 is 40.0 Å². The van der Waals surface area contributed by atoms with Gasteiger partial charge in [-0.3, -0.25) is 0 Å². The first-order valence-electron chi connectivity index (χ1n) is 8.75. The third-order valence-electron chi connectivity index (χ3n) is 3.78. The zero-order chi connectivity index (χ0) is 23.6. The molecule has 0 aliphatic rings. The third kappa shape index (κ3) is 6.22. The van der Waals surface area contributed by atoms with E-state index >= 15 is 0 Å². The molecule has 0 saturated heterocycles. The Morgan fingerprint density at radius 3 is 2.23 bits per heavy atom. The second-order valence-electron chi connectivity index (χ2n) is 7.29. The van der Waals surface area contributed by atoms with Crippen LogP contribution < -0.4 is 9.47 Å². The van der Waals surface area contributed by atoms with Crippen LogP contribution in [-0.4, -0.2) is 34.3 Å². The molecule has 0 fully saturated rings. The molecule has 0 unspecified atom stereocenters. The van der Waals surface area contributed by atoms with Crippen LogP contribution in [0.3, 0.4) is 0 Å². The molecule has 0 aliphatic heterocycles. The van der Waals surface area contributed by atoms with Crippen molar-refractivity contribution >= 4 is 16.7 Å². The lowest BCUT2D eigenvalue weighted by molar-refractivity contribution is -0.253. The van der Waals surface area contributed by atoms with Gasteiger partial charge in [0.15, 0.2) is 11.6 Å². The van der Waals surface area contributed by atoms with E-state index < -0.39 is 45.7 Å². The first-order chi connectivity index (χ1) is 14.2. The SMILES string of the molecule is COc1cc(/C(=N\[S@](=O)C(C)(C)C)c2cc(F)cc(OC(F)(F)C(F)F)c2)ccc1F. The van der Waals surface area contributed by atoms with Crippen molar-refractivity contribution in [1.29, 1.82) is 0 Å². The normalized spacial score (nSPS) is 14.0. The Morgan fingerprint density at radius 1 is 1.03 bits per heavy atom. The van der Waals surface area contributed by atoms with E-state index in [2.05, 4.69) is 9.13 Å². The first-order valence-corrected chi connectivity index (χ1v) is 9.86. The summed E-state index contributed by atoms with van der Waals surface area (Å²) >= 11 is 0. The lowest BCUT2D eigenvalue weighted by Gasteiger charge is -2.19. The summed E-state index contributed by atoms with van der Waals surface area (Å²) in [6.45, 7) is 4.83. The van der Waals surface area contributed by atoms with E-state index in [9.17, 15) is 30.6 Å². The van der Waals surface area contributed by atoms with Crippen LogP contribution >= 0.6 is 0 Å². The van der Waals surface area contributed by atoms with E-state index in [0.29, 0.717) is 6.07 Å². The quantitative estimate of drug-likeness (QED) is 0.399. The van der Waals surface area contributed by atoms with Crippen LogP contribution in [0.25, 0.3) is 0 Å². The van der Waals surface area contributed by atoms with Gasteiger partial charge in [-0.05, 0) is 51.1 Å².